The van der Waals surface area contributed by atoms with Crippen LogP contribution in [-0.4, -0.2) is 32.0 Å². The first-order valence-corrected chi connectivity index (χ1v) is 9.82. The minimum atomic E-state index is -0.902. The van der Waals surface area contributed by atoms with Gasteiger partial charge in [-0.15, -0.1) is 16.8 Å². The molecule has 1 aromatic carbocycles. The predicted octanol–water partition coefficient (Wildman–Crippen LogP) is 3.93. The van der Waals surface area contributed by atoms with Crippen molar-refractivity contribution in [2.45, 2.75) is 38.0 Å². The molecule has 6 nitrogen and oxygen atoms in total. The second kappa shape index (κ2) is 9.07. The number of hydrogen-bond acceptors (Lipinski definition) is 5. The molecule has 142 valence electrons. The zero-order chi connectivity index (χ0) is 20.0. The first-order chi connectivity index (χ1) is 12.8. The first-order valence-electron chi connectivity index (χ1n) is 8.45. The molecule has 0 saturated heterocycles. The van der Waals surface area contributed by atoms with Gasteiger partial charge in [-0.05, 0) is 37.1 Å². The fraction of sp³-hybridized carbons (Fsp3) is 0.368. The van der Waals surface area contributed by atoms with Gasteiger partial charge in [0.15, 0.2) is 11.0 Å². The van der Waals surface area contributed by atoms with Gasteiger partial charge >= 0.3 is 0 Å². The molecule has 2 rings (SSSR count). The minimum Gasteiger partial charge on any atom is -0.337 e. The Hall–Kier alpha value is -2.30. The molecule has 0 spiro atoms. The lowest BCUT2D eigenvalue weighted by atomic mass is 9.90. The number of aromatic nitrogens is 3. The summed E-state index contributed by atoms with van der Waals surface area (Å²) in [7, 11) is 0. The minimum absolute atomic E-state index is 0.00243. The lowest BCUT2D eigenvalue weighted by Crippen LogP contribution is -2.49. The molecule has 1 heterocycles. The van der Waals surface area contributed by atoms with Crippen LogP contribution in [0.1, 0.15) is 20.8 Å². The Bertz CT molecular complexity index is 856. The quantitative estimate of drug-likeness (QED) is 0.533. The van der Waals surface area contributed by atoms with Crippen LogP contribution in [0, 0.1) is 17.2 Å². The van der Waals surface area contributed by atoms with Crippen molar-refractivity contribution in [2.24, 2.45) is 5.92 Å². The van der Waals surface area contributed by atoms with E-state index in [4.69, 9.17) is 11.6 Å². The predicted molar refractivity (Wildman–Crippen MR) is 108 cm³/mol. The Labute approximate surface area is 168 Å². The third-order valence-corrected chi connectivity index (χ3v) is 5.47. The number of nitrogens with one attached hydrogen (secondary N) is 1. The molecule has 0 aliphatic heterocycles. The number of benzene rings is 1. The normalized spacial score (nSPS) is 13.0. The fourth-order valence-electron chi connectivity index (χ4n) is 2.26. The molecule has 1 amide bonds. The molecule has 0 saturated carbocycles. The number of thioether (sulfide) groups is 1. The Morgan fingerprint density at radius 1 is 1.44 bits per heavy atom. The molecule has 2 aromatic rings. The fourth-order valence-corrected chi connectivity index (χ4v) is 3.13. The van der Waals surface area contributed by atoms with E-state index in [-0.39, 0.29) is 17.6 Å². The van der Waals surface area contributed by atoms with E-state index in [1.54, 1.807) is 25.1 Å². The molecule has 0 aliphatic carbocycles. The molecule has 0 fully saturated rings. The zero-order valence-corrected chi connectivity index (χ0v) is 17.1. The van der Waals surface area contributed by atoms with Crippen LogP contribution >= 0.6 is 23.4 Å². The van der Waals surface area contributed by atoms with Gasteiger partial charge in [-0.1, -0.05) is 43.3 Å². The van der Waals surface area contributed by atoms with E-state index in [1.165, 1.54) is 11.8 Å². The van der Waals surface area contributed by atoms with E-state index >= 15 is 0 Å². The number of allylic oxidation sites excluding steroid dienone is 1. The average Bonchev–Trinajstić information content (AvgIpc) is 3.03. The van der Waals surface area contributed by atoms with Crippen molar-refractivity contribution in [3.8, 4) is 17.5 Å². The maximum atomic E-state index is 12.3. The van der Waals surface area contributed by atoms with Crippen LogP contribution in [0.25, 0.3) is 11.4 Å². The standard InChI is InChI=1S/C19H22ClN5OS/c1-5-10-25-17(14-6-8-15(20)9-7-14)23-24-18(25)27-11-16(26)22-19(4,12-21)13(2)3/h5-9,13H,1,10-11H2,2-4H3,(H,22,26). The van der Waals surface area contributed by atoms with Gasteiger partial charge < -0.3 is 5.32 Å². The monoisotopic (exact) mass is 403 g/mol. The maximum Gasteiger partial charge on any atom is 0.231 e. The van der Waals surface area contributed by atoms with Crippen LogP contribution in [-0.2, 0) is 11.3 Å². The summed E-state index contributed by atoms with van der Waals surface area (Å²) in [6.45, 7) is 9.81. The summed E-state index contributed by atoms with van der Waals surface area (Å²) in [5, 5.41) is 21.8. The summed E-state index contributed by atoms with van der Waals surface area (Å²) < 4.78 is 1.89. The van der Waals surface area contributed by atoms with Crippen molar-refractivity contribution in [1.29, 1.82) is 5.26 Å². The Kier molecular flexibility index (Phi) is 7.05. The second-order valence-electron chi connectivity index (χ2n) is 6.52. The summed E-state index contributed by atoms with van der Waals surface area (Å²) in [4.78, 5) is 12.3. The number of rotatable bonds is 8. The van der Waals surface area contributed by atoms with E-state index in [2.05, 4.69) is 28.2 Å². The van der Waals surface area contributed by atoms with Crippen LogP contribution < -0.4 is 5.32 Å². The maximum absolute atomic E-state index is 12.3. The molecule has 8 heteroatoms. The number of nitrogens with zero attached hydrogens (tertiary/aromatic N) is 4. The smallest absolute Gasteiger partial charge is 0.231 e. The van der Waals surface area contributed by atoms with Gasteiger partial charge in [-0.2, -0.15) is 5.26 Å². The number of hydrogen-bond donors (Lipinski definition) is 1. The Morgan fingerprint density at radius 2 is 2.11 bits per heavy atom. The summed E-state index contributed by atoms with van der Waals surface area (Å²) in [6, 6.07) is 9.49. The van der Waals surface area contributed by atoms with E-state index in [0.29, 0.717) is 22.5 Å². The molecule has 1 unspecified atom stereocenters. The highest BCUT2D eigenvalue weighted by atomic mass is 35.5. The SMILES string of the molecule is C=CCn1c(SCC(=O)NC(C)(C#N)C(C)C)nnc1-c1ccc(Cl)cc1. The Morgan fingerprint density at radius 3 is 2.67 bits per heavy atom. The highest BCUT2D eigenvalue weighted by Gasteiger charge is 2.30. The van der Waals surface area contributed by atoms with Gasteiger partial charge in [-0.25, -0.2) is 0 Å². The molecule has 0 aliphatic rings. The Balaban J connectivity index is 2.15. The van der Waals surface area contributed by atoms with Gasteiger partial charge in [-0.3, -0.25) is 9.36 Å². The lowest BCUT2D eigenvalue weighted by molar-refractivity contribution is -0.120. The third-order valence-electron chi connectivity index (χ3n) is 4.25. The summed E-state index contributed by atoms with van der Waals surface area (Å²) in [5.41, 5.74) is -0.0251. The highest BCUT2D eigenvalue weighted by molar-refractivity contribution is 7.99. The van der Waals surface area contributed by atoms with Crippen LogP contribution in [0.2, 0.25) is 5.02 Å². The molecule has 0 radical (unpaired) electrons. The van der Waals surface area contributed by atoms with E-state index in [0.717, 1.165) is 5.56 Å². The first kappa shape index (κ1) is 21.0. The van der Waals surface area contributed by atoms with Crippen molar-refractivity contribution in [3.05, 3.63) is 41.9 Å². The van der Waals surface area contributed by atoms with Gasteiger partial charge in [0.1, 0.15) is 5.54 Å². The summed E-state index contributed by atoms with van der Waals surface area (Å²) in [6.07, 6.45) is 1.75. The molecule has 27 heavy (non-hydrogen) atoms. The summed E-state index contributed by atoms with van der Waals surface area (Å²) >= 11 is 7.22. The molecular formula is C19H22ClN5OS. The molecule has 1 N–H and O–H groups in total. The van der Waals surface area contributed by atoms with E-state index < -0.39 is 5.54 Å². The molecule has 1 atom stereocenters. The van der Waals surface area contributed by atoms with Gasteiger partial charge in [0.25, 0.3) is 0 Å². The molecular weight excluding hydrogens is 382 g/mol. The number of halogens is 1. The lowest BCUT2D eigenvalue weighted by Gasteiger charge is -2.27. The number of carbonyl (C=O) groups is 1. The van der Waals surface area contributed by atoms with Crippen molar-refractivity contribution >= 4 is 29.3 Å². The average molecular weight is 404 g/mol. The molecule has 0 bridgehead atoms. The second-order valence-corrected chi connectivity index (χ2v) is 7.90. The van der Waals surface area contributed by atoms with Crippen molar-refractivity contribution in [2.75, 3.05) is 5.75 Å². The third kappa shape index (κ3) is 5.12. The number of amides is 1. The zero-order valence-electron chi connectivity index (χ0n) is 15.6. The van der Waals surface area contributed by atoms with Crippen LogP contribution in [0.4, 0.5) is 0 Å². The van der Waals surface area contributed by atoms with Gasteiger partial charge in [0, 0.05) is 17.1 Å². The number of carbonyl (C=O) groups excluding carboxylic acids is 1. The topological polar surface area (TPSA) is 83.6 Å². The van der Waals surface area contributed by atoms with Crippen LogP contribution in [0.3, 0.4) is 0 Å². The van der Waals surface area contributed by atoms with Crippen molar-refractivity contribution < 1.29 is 4.79 Å². The van der Waals surface area contributed by atoms with Gasteiger partial charge in [0.2, 0.25) is 5.91 Å². The van der Waals surface area contributed by atoms with Crippen molar-refractivity contribution in [1.82, 2.24) is 20.1 Å². The van der Waals surface area contributed by atoms with Crippen LogP contribution in [0.15, 0.2) is 42.1 Å². The number of nitriles is 1. The summed E-state index contributed by atoms with van der Waals surface area (Å²) in [5.74, 6) is 0.592. The van der Waals surface area contributed by atoms with Gasteiger partial charge in [0.05, 0.1) is 11.8 Å². The highest BCUT2D eigenvalue weighted by Crippen LogP contribution is 2.25. The van der Waals surface area contributed by atoms with Crippen LogP contribution in [0.5, 0.6) is 0 Å². The van der Waals surface area contributed by atoms with Crippen molar-refractivity contribution in [3.63, 3.8) is 0 Å². The van der Waals surface area contributed by atoms with E-state index in [1.807, 2.05) is 30.5 Å². The van der Waals surface area contributed by atoms with E-state index in [9.17, 15) is 10.1 Å². The molecule has 1 aromatic heterocycles. The largest absolute Gasteiger partial charge is 0.337 e.